The molecule has 0 N–H and O–H groups in total. The standard InChI is InChI=1S/C23H23N5O2/c1-30-20-9-7-18(8-10-20)22(17-24)26-13-15-27(16-14-26)23(29)21-11-12-28(25-21)19-5-3-2-4-6-19/h2-12,22H,13-16H2,1H3. The Balaban J connectivity index is 1.39. The molecular formula is C23H23N5O2. The first kappa shape index (κ1) is 19.7. The van der Waals surface area contributed by atoms with Gasteiger partial charge in [-0.3, -0.25) is 9.69 Å². The molecule has 152 valence electrons. The van der Waals surface area contributed by atoms with Crippen molar-refractivity contribution in [2.75, 3.05) is 33.3 Å². The molecule has 2 aromatic carbocycles. The van der Waals surface area contributed by atoms with Gasteiger partial charge in [-0.25, -0.2) is 4.68 Å². The van der Waals surface area contributed by atoms with Gasteiger partial charge in [0.05, 0.1) is 18.9 Å². The van der Waals surface area contributed by atoms with Crippen molar-refractivity contribution in [2.45, 2.75) is 6.04 Å². The number of benzene rings is 2. The highest BCUT2D eigenvalue weighted by atomic mass is 16.5. The predicted molar refractivity (Wildman–Crippen MR) is 112 cm³/mol. The molecule has 1 atom stereocenters. The van der Waals surface area contributed by atoms with Gasteiger partial charge in [0, 0.05) is 32.4 Å². The summed E-state index contributed by atoms with van der Waals surface area (Å²) in [6.07, 6.45) is 1.80. The molecule has 3 aromatic rings. The van der Waals surface area contributed by atoms with Crippen LogP contribution < -0.4 is 4.74 Å². The minimum atomic E-state index is -0.342. The van der Waals surface area contributed by atoms with Crippen LogP contribution in [-0.2, 0) is 0 Å². The van der Waals surface area contributed by atoms with E-state index in [1.54, 1.807) is 29.0 Å². The number of rotatable bonds is 5. The summed E-state index contributed by atoms with van der Waals surface area (Å²) in [6, 6.07) is 21.1. The number of carbonyl (C=O) groups excluding carboxylic acids is 1. The van der Waals surface area contributed by atoms with Crippen LogP contribution >= 0.6 is 0 Å². The zero-order valence-corrected chi connectivity index (χ0v) is 16.8. The van der Waals surface area contributed by atoms with Crippen molar-refractivity contribution in [2.24, 2.45) is 0 Å². The van der Waals surface area contributed by atoms with Crippen molar-refractivity contribution in [3.63, 3.8) is 0 Å². The number of nitrogens with zero attached hydrogens (tertiary/aromatic N) is 5. The second-order valence-electron chi connectivity index (χ2n) is 7.11. The lowest BCUT2D eigenvalue weighted by Crippen LogP contribution is -2.49. The molecule has 0 saturated carbocycles. The lowest BCUT2D eigenvalue weighted by Gasteiger charge is -2.36. The highest BCUT2D eigenvalue weighted by Gasteiger charge is 2.28. The Kier molecular flexibility index (Phi) is 5.77. The monoisotopic (exact) mass is 401 g/mol. The zero-order chi connectivity index (χ0) is 20.9. The summed E-state index contributed by atoms with van der Waals surface area (Å²) in [5.41, 5.74) is 2.27. The number of aromatic nitrogens is 2. The number of methoxy groups -OCH3 is 1. The number of hydrogen-bond donors (Lipinski definition) is 0. The van der Waals surface area contributed by atoms with Gasteiger partial charge < -0.3 is 9.64 Å². The molecule has 30 heavy (non-hydrogen) atoms. The number of carbonyl (C=O) groups is 1. The number of nitriles is 1. The summed E-state index contributed by atoms with van der Waals surface area (Å²) in [6.45, 7) is 2.39. The number of amides is 1. The Labute approximate surface area is 175 Å². The molecule has 1 aromatic heterocycles. The first-order valence-electron chi connectivity index (χ1n) is 9.87. The Morgan fingerprint density at radius 2 is 1.73 bits per heavy atom. The molecule has 1 fully saturated rings. The van der Waals surface area contributed by atoms with Gasteiger partial charge in [0.1, 0.15) is 11.8 Å². The largest absolute Gasteiger partial charge is 0.497 e. The topological polar surface area (TPSA) is 74.4 Å². The van der Waals surface area contributed by atoms with Crippen molar-refractivity contribution in [3.05, 3.63) is 78.1 Å². The molecule has 4 rings (SSSR count). The van der Waals surface area contributed by atoms with Crippen LogP contribution in [0, 0.1) is 11.3 Å². The molecule has 1 aliphatic heterocycles. The second kappa shape index (κ2) is 8.80. The van der Waals surface area contributed by atoms with Gasteiger partial charge in [0.15, 0.2) is 5.69 Å². The van der Waals surface area contributed by atoms with Gasteiger partial charge in [0.25, 0.3) is 5.91 Å². The van der Waals surface area contributed by atoms with Crippen molar-refractivity contribution in [1.29, 1.82) is 5.26 Å². The third-order valence-electron chi connectivity index (χ3n) is 5.35. The molecule has 7 heteroatoms. The zero-order valence-electron chi connectivity index (χ0n) is 16.8. The average molecular weight is 401 g/mol. The molecule has 1 unspecified atom stereocenters. The number of para-hydroxylation sites is 1. The van der Waals surface area contributed by atoms with Gasteiger partial charge in [-0.15, -0.1) is 0 Å². The average Bonchev–Trinajstić information content (AvgIpc) is 3.31. The van der Waals surface area contributed by atoms with E-state index in [9.17, 15) is 10.1 Å². The maximum atomic E-state index is 12.9. The maximum absolute atomic E-state index is 12.9. The first-order chi connectivity index (χ1) is 14.7. The van der Waals surface area contributed by atoms with Crippen LogP contribution in [0.3, 0.4) is 0 Å². The minimum Gasteiger partial charge on any atom is -0.497 e. The summed E-state index contributed by atoms with van der Waals surface area (Å²) in [5.74, 6) is 0.683. The fourth-order valence-corrected chi connectivity index (χ4v) is 3.66. The summed E-state index contributed by atoms with van der Waals surface area (Å²) >= 11 is 0. The van der Waals surface area contributed by atoms with Gasteiger partial charge in [0.2, 0.25) is 0 Å². The third-order valence-corrected chi connectivity index (χ3v) is 5.35. The fraction of sp³-hybridized carbons (Fsp3) is 0.261. The van der Waals surface area contributed by atoms with Gasteiger partial charge in [-0.05, 0) is 35.9 Å². The molecule has 0 bridgehead atoms. The quantitative estimate of drug-likeness (QED) is 0.657. The van der Waals surface area contributed by atoms with E-state index >= 15 is 0 Å². The summed E-state index contributed by atoms with van der Waals surface area (Å²) in [7, 11) is 1.62. The molecule has 0 spiro atoms. The third kappa shape index (κ3) is 4.04. The van der Waals surface area contributed by atoms with Crippen LogP contribution in [-0.4, -0.2) is 58.8 Å². The lowest BCUT2D eigenvalue weighted by molar-refractivity contribution is 0.0600. The van der Waals surface area contributed by atoms with Crippen molar-refractivity contribution in [3.8, 4) is 17.5 Å². The van der Waals surface area contributed by atoms with E-state index in [1.165, 1.54) is 0 Å². The molecule has 7 nitrogen and oxygen atoms in total. The molecule has 0 radical (unpaired) electrons. The second-order valence-corrected chi connectivity index (χ2v) is 7.11. The van der Waals surface area contributed by atoms with Crippen LogP contribution in [0.1, 0.15) is 22.1 Å². The lowest BCUT2D eigenvalue weighted by atomic mass is 10.1. The van der Waals surface area contributed by atoms with E-state index in [1.807, 2.05) is 54.6 Å². The van der Waals surface area contributed by atoms with Crippen LogP contribution in [0.2, 0.25) is 0 Å². The number of ether oxygens (including phenoxy) is 1. The molecule has 1 saturated heterocycles. The van der Waals surface area contributed by atoms with E-state index < -0.39 is 0 Å². The van der Waals surface area contributed by atoms with Crippen LogP contribution in [0.25, 0.3) is 5.69 Å². The summed E-state index contributed by atoms with van der Waals surface area (Å²) < 4.78 is 6.90. The summed E-state index contributed by atoms with van der Waals surface area (Å²) in [5, 5.41) is 14.1. The Morgan fingerprint density at radius 1 is 1.03 bits per heavy atom. The van der Waals surface area contributed by atoms with Gasteiger partial charge in [-0.1, -0.05) is 30.3 Å². The molecular weight excluding hydrogens is 378 g/mol. The predicted octanol–water partition coefficient (Wildman–Crippen LogP) is 2.90. The minimum absolute atomic E-state index is 0.0812. The highest BCUT2D eigenvalue weighted by molar-refractivity contribution is 5.92. The van der Waals surface area contributed by atoms with Crippen LogP contribution in [0.5, 0.6) is 5.75 Å². The van der Waals surface area contributed by atoms with Gasteiger partial charge in [-0.2, -0.15) is 10.4 Å². The molecule has 1 aliphatic rings. The fourth-order valence-electron chi connectivity index (χ4n) is 3.66. The first-order valence-corrected chi connectivity index (χ1v) is 9.87. The smallest absolute Gasteiger partial charge is 0.274 e. The van der Waals surface area contributed by atoms with Crippen molar-refractivity contribution in [1.82, 2.24) is 19.6 Å². The van der Waals surface area contributed by atoms with Crippen LogP contribution in [0.15, 0.2) is 66.9 Å². The van der Waals surface area contributed by atoms with E-state index in [0.717, 1.165) is 17.0 Å². The Morgan fingerprint density at radius 3 is 2.37 bits per heavy atom. The summed E-state index contributed by atoms with van der Waals surface area (Å²) in [4.78, 5) is 16.8. The molecule has 0 aliphatic carbocycles. The Hall–Kier alpha value is -3.63. The van der Waals surface area contributed by atoms with E-state index in [0.29, 0.717) is 31.9 Å². The van der Waals surface area contributed by atoms with E-state index in [4.69, 9.17) is 4.74 Å². The maximum Gasteiger partial charge on any atom is 0.274 e. The van der Waals surface area contributed by atoms with Crippen LogP contribution in [0.4, 0.5) is 0 Å². The van der Waals surface area contributed by atoms with E-state index in [-0.39, 0.29) is 11.9 Å². The molecule has 1 amide bonds. The highest BCUT2D eigenvalue weighted by Crippen LogP contribution is 2.24. The number of hydrogen-bond acceptors (Lipinski definition) is 5. The van der Waals surface area contributed by atoms with Crippen molar-refractivity contribution < 1.29 is 9.53 Å². The van der Waals surface area contributed by atoms with Gasteiger partial charge >= 0.3 is 0 Å². The van der Waals surface area contributed by atoms with E-state index in [2.05, 4.69) is 16.1 Å². The SMILES string of the molecule is COc1ccc(C(C#N)N2CCN(C(=O)c3ccn(-c4ccccc4)n3)CC2)cc1. The normalized spacial score (nSPS) is 15.4. The van der Waals surface area contributed by atoms with Crippen molar-refractivity contribution >= 4 is 5.91 Å². The Bertz CT molecular complexity index is 1030. The molecule has 2 heterocycles. The number of piperazine rings is 1.